The Bertz CT molecular complexity index is 189. The van der Waals surface area contributed by atoms with Gasteiger partial charge in [0.15, 0.2) is 0 Å². The van der Waals surface area contributed by atoms with Gasteiger partial charge in [-0.1, -0.05) is 27.7 Å². The lowest BCUT2D eigenvalue weighted by Gasteiger charge is -2.26. The van der Waals surface area contributed by atoms with Crippen molar-refractivity contribution in [3.63, 3.8) is 0 Å². The SMILES string of the molecule is CC(C)COC(O)(CC(C)C)C(=O)O. The number of ether oxygens (including phenoxy) is 1. The molecule has 0 saturated carbocycles. The molecule has 0 radical (unpaired) electrons. The van der Waals surface area contributed by atoms with Gasteiger partial charge in [0.25, 0.3) is 5.79 Å². The molecule has 0 saturated heterocycles. The Balaban J connectivity index is 4.32. The number of carboxylic acids is 1. The lowest BCUT2D eigenvalue weighted by molar-refractivity contribution is -0.231. The fraction of sp³-hybridized carbons (Fsp3) is 0.900. The molecule has 0 aromatic heterocycles. The van der Waals surface area contributed by atoms with Gasteiger partial charge >= 0.3 is 5.97 Å². The second kappa shape index (κ2) is 5.32. The van der Waals surface area contributed by atoms with Crippen LogP contribution in [0.2, 0.25) is 0 Å². The zero-order valence-electron chi connectivity index (χ0n) is 9.28. The molecule has 14 heavy (non-hydrogen) atoms. The fourth-order valence-electron chi connectivity index (χ4n) is 1.07. The van der Waals surface area contributed by atoms with Crippen molar-refractivity contribution in [2.24, 2.45) is 11.8 Å². The van der Waals surface area contributed by atoms with Crippen molar-refractivity contribution < 1.29 is 19.7 Å². The van der Waals surface area contributed by atoms with Gasteiger partial charge in [-0.15, -0.1) is 0 Å². The van der Waals surface area contributed by atoms with E-state index in [2.05, 4.69) is 0 Å². The first-order valence-corrected chi connectivity index (χ1v) is 4.87. The molecule has 0 rings (SSSR count). The summed E-state index contributed by atoms with van der Waals surface area (Å²) in [5, 5.41) is 18.5. The second-order valence-corrected chi connectivity index (χ2v) is 4.39. The normalized spacial score (nSPS) is 15.9. The van der Waals surface area contributed by atoms with Crippen LogP contribution in [0.3, 0.4) is 0 Å². The maximum absolute atomic E-state index is 10.8. The quantitative estimate of drug-likeness (QED) is 0.643. The number of rotatable bonds is 6. The van der Waals surface area contributed by atoms with E-state index in [1.54, 1.807) is 0 Å². The van der Waals surface area contributed by atoms with Gasteiger partial charge in [0.05, 0.1) is 6.61 Å². The van der Waals surface area contributed by atoms with E-state index >= 15 is 0 Å². The van der Waals surface area contributed by atoms with Crippen LogP contribution in [-0.2, 0) is 9.53 Å². The molecule has 0 bridgehead atoms. The zero-order valence-corrected chi connectivity index (χ0v) is 9.28. The summed E-state index contributed by atoms with van der Waals surface area (Å²) in [6.45, 7) is 7.73. The molecule has 0 aliphatic carbocycles. The monoisotopic (exact) mass is 204 g/mol. The molecule has 4 nitrogen and oxygen atoms in total. The Kier molecular flexibility index (Phi) is 5.08. The zero-order chi connectivity index (χ0) is 11.4. The summed E-state index contributed by atoms with van der Waals surface area (Å²) in [6.07, 6.45) is 0.106. The Labute approximate surface area is 84.9 Å². The van der Waals surface area contributed by atoms with Gasteiger partial charge in [-0.2, -0.15) is 0 Å². The van der Waals surface area contributed by atoms with Crippen LogP contribution in [0.5, 0.6) is 0 Å². The van der Waals surface area contributed by atoms with Gasteiger partial charge in [0.1, 0.15) is 0 Å². The van der Waals surface area contributed by atoms with Crippen molar-refractivity contribution in [1.29, 1.82) is 0 Å². The van der Waals surface area contributed by atoms with Crippen LogP contribution in [0, 0.1) is 11.8 Å². The average molecular weight is 204 g/mol. The Morgan fingerprint density at radius 1 is 1.29 bits per heavy atom. The average Bonchev–Trinajstić information content (AvgIpc) is 1.99. The predicted molar refractivity (Wildman–Crippen MR) is 52.8 cm³/mol. The minimum atomic E-state index is -2.03. The summed E-state index contributed by atoms with van der Waals surface area (Å²) in [7, 11) is 0. The third-order valence-corrected chi connectivity index (χ3v) is 1.67. The number of carboxylic acid groups (broad SMARTS) is 1. The first kappa shape index (κ1) is 13.4. The van der Waals surface area contributed by atoms with Gasteiger partial charge in [-0.05, 0) is 11.8 Å². The van der Waals surface area contributed by atoms with Crippen molar-refractivity contribution in [3.8, 4) is 0 Å². The fourth-order valence-corrected chi connectivity index (χ4v) is 1.07. The number of aliphatic hydroxyl groups is 1. The van der Waals surface area contributed by atoms with Crippen molar-refractivity contribution in [2.75, 3.05) is 6.61 Å². The first-order valence-electron chi connectivity index (χ1n) is 4.87. The molecule has 0 fully saturated rings. The lowest BCUT2D eigenvalue weighted by atomic mass is 10.0. The van der Waals surface area contributed by atoms with Crippen LogP contribution < -0.4 is 0 Å². The molecule has 0 spiro atoms. The van der Waals surface area contributed by atoms with Gasteiger partial charge in [-0.3, -0.25) is 0 Å². The van der Waals surface area contributed by atoms with Crippen LogP contribution in [-0.4, -0.2) is 28.6 Å². The summed E-state index contributed by atoms with van der Waals surface area (Å²) >= 11 is 0. The predicted octanol–water partition coefficient (Wildman–Crippen LogP) is 1.48. The Hall–Kier alpha value is -0.610. The molecular weight excluding hydrogens is 184 g/mol. The van der Waals surface area contributed by atoms with Gasteiger partial charge in [-0.25, -0.2) is 4.79 Å². The third kappa shape index (κ3) is 4.58. The molecule has 2 N–H and O–H groups in total. The van der Waals surface area contributed by atoms with Crippen LogP contribution >= 0.6 is 0 Å². The van der Waals surface area contributed by atoms with Crippen LogP contribution in [0.15, 0.2) is 0 Å². The lowest BCUT2D eigenvalue weighted by Crippen LogP contribution is -2.43. The molecule has 0 aliphatic heterocycles. The van der Waals surface area contributed by atoms with Crippen molar-refractivity contribution in [3.05, 3.63) is 0 Å². The van der Waals surface area contributed by atoms with E-state index in [9.17, 15) is 9.90 Å². The van der Waals surface area contributed by atoms with E-state index in [1.165, 1.54) is 0 Å². The Morgan fingerprint density at radius 2 is 1.79 bits per heavy atom. The largest absolute Gasteiger partial charge is 0.477 e. The maximum atomic E-state index is 10.8. The van der Waals surface area contributed by atoms with E-state index in [0.717, 1.165) is 0 Å². The number of hydrogen-bond acceptors (Lipinski definition) is 3. The molecule has 0 aromatic rings. The van der Waals surface area contributed by atoms with E-state index in [4.69, 9.17) is 9.84 Å². The van der Waals surface area contributed by atoms with Crippen molar-refractivity contribution in [1.82, 2.24) is 0 Å². The highest BCUT2D eigenvalue weighted by atomic mass is 16.6. The molecule has 1 unspecified atom stereocenters. The molecule has 1 atom stereocenters. The Morgan fingerprint density at radius 3 is 2.07 bits per heavy atom. The molecule has 4 heteroatoms. The third-order valence-electron chi connectivity index (χ3n) is 1.67. The van der Waals surface area contributed by atoms with Crippen LogP contribution in [0.1, 0.15) is 34.1 Å². The molecular formula is C10H20O4. The standard InChI is InChI=1S/C10H20O4/c1-7(2)5-10(13,9(11)12)14-6-8(3)4/h7-8,13H,5-6H2,1-4H3,(H,11,12). The second-order valence-electron chi connectivity index (χ2n) is 4.39. The van der Waals surface area contributed by atoms with E-state index in [-0.39, 0.29) is 24.9 Å². The highest BCUT2D eigenvalue weighted by molar-refractivity contribution is 5.75. The van der Waals surface area contributed by atoms with Crippen LogP contribution in [0.25, 0.3) is 0 Å². The van der Waals surface area contributed by atoms with Crippen molar-refractivity contribution >= 4 is 5.97 Å². The summed E-state index contributed by atoms with van der Waals surface area (Å²) < 4.78 is 5.02. The number of hydrogen-bond donors (Lipinski definition) is 2. The topological polar surface area (TPSA) is 66.8 Å². The minimum Gasteiger partial charge on any atom is -0.477 e. The molecule has 0 amide bonds. The van der Waals surface area contributed by atoms with E-state index < -0.39 is 11.8 Å². The highest BCUT2D eigenvalue weighted by Crippen LogP contribution is 2.19. The molecule has 0 heterocycles. The van der Waals surface area contributed by atoms with E-state index in [0.29, 0.717) is 0 Å². The maximum Gasteiger partial charge on any atom is 0.364 e. The first-order chi connectivity index (χ1) is 6.28. The molecule has 0 aromatic carbocycles. The van der Waals surface area contributed by atoms with Crippen LogP contribution in [0.4, 0.5) is 0 Å². The number of aliphatic carboxylic acids is 1. The summed E-state index contributed by atoms with van der Waals surface area (Å²) in [6, 6.07) is 0. The minimum absolute atomic E-state index is 0.0725. The van der Waals surface area contributed by atoms with Gasteiger partial charge in [0, 0.05) is 6.42 Å². The van der Waals surface area contributed by atoms with Gasteiger partial charge < -0.3 is 14.9 Å². The molecule has 84 valence electrons. The highest BCUT2D eigenvalue weighted by Gasteiger charge is 2.38. The summed E-state index contributed by atoms with van der Waals surface area (Å²) in [5.41, 5.74) is 0. The molecule has 0 aliphatic rings. The van der Waals surface area contributed by atoms with Crippen molar-refractivity contribution in [2.45, 2.75) is 39.9 Å². The van der Waals surface area contributed by atoms with E-state index in [1.807, 2.05) is 27.7 Å². The summed E-state index contributed by atoms with van der Waals surface area (Å²) in [4.78, 5) is 10.8. The van der Waals surface area contributed by atoms with Gasteiger partial charge in [0.2, 0.25) is 0 Å². The number of carbonyl (C=O) groups is 1. The summed E-state index contributed by atoms with van der Waals surface area (Å²) in [5.74, 6) is -3.07. The smallest absolute Gasteiger partial charge is 0.364 e.